The monoisotopic (exact) mass is 339 g/mol. The van der Waals surface area contributed by atoms with Gasteiger partial charge in [-0.15, -0.1) is 0 Å². The number of rotatable bonds is 4. The van der Waals surface area contributed by atoms with Gasteiger partial charge in [-0.1, -0.05) is 12.7 Å². The molecule has 0 saturated heterocycles. The van der Waals surface area contributed by atoms with Crippen molar-refractivity contribution in [3.63, 3.8) is 0 Å². The Morgan fingerprint density at radius 1 is 1.32 bits per heavy atom. The Morgan fingerprint density at radius 3 is 2.84 bits per heavy atom. The Kier molecular flexibility index (Phi) is 4.98. The smallest absolute Gasteiger partial charge is 0.159 e. The fraction of sp³-hybridized carbons (Fsp3) is 0.333. The number of aromatic nitrogens is 1. The minimum Gasteiger partial charge on any atom is -0.340 e. The molecule has 1 aromatic heterocycles. The molecule has 0 unspecified atom stereocenters. The molecule has 1 aromatic carbocycles. The van der Waals surface area contributed by atoms with Crippen LogP contribution in [0.15, 0.2) is 30.9 Å². The van der Waals surface area contributed by atoms with E-state index in [2.05, 4.69) is 11.1 Å². The van der Waals surface area contributed by atoms with E-state index in [1.165, 1.54) is 0 Å². The molecule has 130 valence electrons. The van der Waals surface area contributed by atoms with Gasteiger partial charge < -0.3 is 4.57 Å². The van der Waals surface area contributed by atoms with Gasteiger partial charge in [0.2, 0.25) is 0 Å². The average molecular weight is 339 g/mol. The number of fused-ring (bicyclic) bond motifs is 3. The third kappa shape index (κ3) is 3.34. The van der Waals surface area contributed by atoms with Crippen LogP contribution >= 0.6 is 0 Å². The number of halogens is 1. The van der Waals surface area contributed by atoms with Crippen LogP contribution in [-0.4, -0.2) is 22.8 Å². The molecular formula is C21H22FNO2. The zero-order valence-corrected chi connectivity index (χ0v) is 14.5. The first kappa shape index (κ1) is 17.3. The topological polar surface area (TPSA) is 39.1 Å². The molecule has 0 amide bonds. The molecule has 1 aliphatic rings. The summed E-state index contributed by atoms with van der Waals surface area (Å²) in [6, 6.07) is 5.63. The van der Waals surface area contributed by atoms with Crippen molar-refractivity contribution in [2.45, 2.75) is 39.2 Å². The Balaban J connectivity index is 2.28. The van der Waals surface area contributed by atoms with E-state index in [-0.39, 0.29) is 18.2 Å². The van der Waals surface area contributed by atoms with E-state index in [1.54, 1.807) is 6.92 Å². The highest BCUT2D eigenvalue weighted by Crippen LogP contribution is 2.36. The standard InChI is InChI=1S/C21H22FNO2/c1-14-7-9-17(25)5-3-6-20-21(14)18-13-16(15(2)24)8-10-19(18)23(20)12-4-11-22/h3,6,8,10,13H,1,4-5,7,9,11-12H2,2H3/b6-3-. The van der Waals surface area contributed by atoms with Crippen LogP contribution in [0, 0.1) is 0 Å². The third-order valence-corrected chi connectivity index (χ3v) is 4.71. The molecule has 0 saturated carbocycles. The van der Waals surface area contributed by atoms with Crippen molar-refractivity contribution in [2.75, 3.05) is 6.67 Å². The summed E-state index contributed by atoms with van der Waals surface area (Å²) in [5.41, 5.74) is 4.43. The SMILES string of the molecule is C=C1CCC(=O)C/C=C\c2c1c1cc(C(C)=O)ccc1n2CCCF. The van der Waals surface area contributed by atoms with Gasteiger partial charge in [0.05, 0.1) is 6.67 Å². The number of Topliss-reactive ketones (excluding diaryl/α,β-unsaturated/α-hetero) is 2. The molecule has 0 atom stereocenters. The van der Waals surface area contributed by atoms with Gasteiger partial charge in [-0.3, -0.25) is 14.0 Å². The van der Waals surface area contributed by atoms with Gasteiger partial charge in [-0.25, -0.2) is 0 Å². The number of ketones is 2. The van der Waals surface area contributed by atoms with E-state index in [1.807, 2.05) is 30.4 Å². The van der Waals surface area contributed by atoms with E-state index in [4.69, 9.17) is 0 Å². The van der Waals surface area contributed by atoms with Crippen LogP contribution in [0.4, 0.5) is 4.39 Å². The number of alkyl halides is 1. The Labute approximate surface area is 146 Å². The molecule has 3 nitrogen and oxygen atoms in total. The lowest BCUT2D eigenvalue weighted by Gasteiger charge is -2.09. The van der Waals surface area contributed by atoms with E-state index in [9.17, 15) is 14.0 Å². The first-order chi connectivity index (χ1) is 12.0. The predicted octanol–water partition coefficient (Wildman–Crippen LogP) is 4.98. The van der Waals surface area contributed by atoms with Gasteiger partial charge in [0.15, 0.2) is 5.78 Å². The highest BCUT2D eigenvalue weighted by atomic mass is 19.1. The number of hydrogen-bond acceptors (Lipinski definition) is 2. The van der Waals surface area contributed by atoms with Gasteiger partial charge in [-0.2, -0.15) is 0 Å². The maximum atomic E-state index is 12.8. The lowest BCUT2D eigenvalue weighted by Crippen LogP contribution is -2.02. The summed E-state index contributed by atoms with van der Waals surface area (Å²) >= 11 is 0. The van der Waals surface area contributed by atoms with E-state index >= 15 is 0 Å². The lowest BCUT2D eigenvalue weighted by molar-refractivity contribution is -0.118. The summed E-state index contributed by atoms with van der Waals surface area (Å²) < 4.78 is 14.9. The molecule has 0 N–H and O–H groups in total. The van der Waals surface area contributed by atoms with Crippen LogP contribution in [0.1, 0.15) is 54.2 Å². The molecule has 0 aliphatic heterocycles. The van der Waals surface area contributed by atoms with Crippen molar-refractivity contribution in [3.8, 4) is 0 Å². The largest absolute Gasteiger partial charge is 0.340 e. The normalized spacial score (nSPS) is 16.2. The minimum absolute atomic E-state index is 0.00607. The van der Waals surface area contributed by atoms with E-state index in [0.29, 0.717) is 37.8 Å². The zero-order chi connectivity index (χ0) is 18.0. The van der Waals surface area contributed by atoms with Gasteiger partial charge in [0.25, 0.3) is 0 Å². The molecule has 0 spiro atoms. The summed E-state index contributed by atoms with van der Waals surface area (Å²) in [4.78, 5) is 23.7. The summed E-state index contributed by atoms with van der Waals surface area (Å²) in [7, 11) is 0. The fourth-order valence-electron chi connectivity index (χ4n) is 3.42. The third-order valence-electron chi connectivity index (χ3n) is 4.71. The first-order valence-electron chi connectivity index (χ1n) is 8.62. The number of nitrogens with zero attached hydrogens (tertiary/aromatic N) is 1. The highest BCUT2D eigenvalue weighted by molar-refractivity contribution is 6.03. The number of carbonyl (C=O) groups is 2. The van der Waals surface area contributed by atoms with Gasteiger partial charge in [0.1, 0.15) is 5.78 Å². The number of carbonyl (C=O) groups excluding carboxylic acids is 2. The molecule has 0 fully saturated rings. The maximum absolute atomic E-state index is 12.8. The van der Waals surface area contributed by atoms with Crippen molar-refractivity contribution < 1.29 is 14.0 Å². The molecular weight excluding hydrogens is 317 g/mol. The molecule has 4 heteroatoms. The van der Waals surface area contributed by atoms with Gasteiger partial charge >= 0.3 is 0 Å². The molecule has 0 bridgehead atoms. The summed E-state index contributed by atoms with van der Waals surface area (Å²) in [5.74, 6) is 0.193. The van der Waals surface area contributed by atoms with Crippen LogP contribution in [-0.2, 0) is 11.3 Å². The number of benzene rings is 1. The van der Waals surface area contributed by atoms with Gasteiger partial charge in [0, 0.05) is 47.1 Å². The zero-order valence-electron chi connectivity index (χ0n) is 14.5. The number of hydrogen-bond donors (Lipinski definition) is 0. The van der Waals surface area contributed by atoms with Crippen LogP contribution in [0.25, 0.3) is 22.6 Å². The predicted molar refractivity (Wildman–Crippen MR) is 99.5 cm³/mol. The Bertz CT molecular complexity index is 889. The molecule has 2 aromatic rings. The number of allylic oxidation sites excluding steroid dienone is 2. The highest BCUT2D eigenvalue weighted by Gasteiger charge is 2.20. The Hall–Kier alpha value is -2.49. The van der Waals surface area contributed by atoms with Crippen LogP contribution in [0.3, 0.4) is 0 Å². The minimum atomic E-state index is -0.386. The quantitative estimate of drug-likeness (QED) is 0.737. The molecule has 1 aliphatic carbocycles. The van der Waals surface area contributed by atoms with Crippen molar-refractivity contribution in [3.05, 3.63) is 47.7 Å². The molecule has 0 radical (unpaired) electrons. The summed E-state index contributed by atoms with van der Waals surface area (Å²) in [6.07, 6.45) is 5.69. The second kappa shape index (κ2) is 7.18. The van der Waals surface area contributed by atoms with E-state index < -0.39 is 0 Å². The van der Waals surface area contributed by atoms with Crippen LogP contribution in [0.2, 0.25) is 0 Å². The molecule has 1 heterocycles. The second-order valence-electron chi connectivity index (χ2n) is 6.49. The summed E-state index contributed by atoms with van der Waals surface area (Å²) in [6.45, 7) is 5.90. The first-order valence-corrected chi connectivity index (χ1v) is 8.62. The fourth-order valence-corrected chi connectivity index (χ4v) is 3.42. The second-order valence-corrected chi connectivity index (χ2v) is 6.49. The van der Waals surface area contributed by atoms with Crippen LogP contribution < -0.4 is 0 Å². The average Bonchev–Trinajstić information content (AvgIpc) is 2.92. The molecule has 3 rings (SSSR count). The van der Waals surface area contributed by atoms with Crippen molar-refractivity contribution in [1.82, 2.24) is 4.57 Å². The number of aryl methyl sites for hydroxylation is 1. The maximum Gasteiger partial charge on any atom is 0.159 e. The van der Waals surface area contributed by atoms with Gasteiger partial charge in [-0.05, 0) is 49.6 Å². The van der Waals surface area contributed by atoms with Crippen molar-refractivity contribution in [1.29, 1.82) is 0 Å². The van der Waals surface area contributed by atoms with Crippen molar-refractivity contribution >= 4 is 34.1 Å². The molecule has 25 heavy (non-hydrogen) atoms. The van der Waals surface area contributed by atoms with Crippen LogP contribution in [0.5, 0.6) is 0 Å². The Morgan fingerprint density at radius 2 is 2.12 bits per heavy atom. The summed E-state index contributed by atoms with van der Waals surface area (Å²) in [5, 5.41) is 0.950. The van der Waals surface area contributed by atoms with Crippen molar-refractivity contribution in [2.24, 2.45) is 0 Å². The lowest BCUT2D eigenvalue weighted by atomic mass is 9.97. The van der Waals surface area contributed by atoms with E-state index in [0.717, 1.165) is 27.7 Å².